The van der Waals surface area contributed by atoms with E-state index in [0.29, 0.717) is 25.7 Å². The van der Waals surface area contributed by atoms with Crippen molar-refractivity contribution in [2.75, 3.05) is 0 Å². The number of aliphatic hydroxyl groups is 1. The van der Waals surface area contributed by atoms with Crippen LogP contribution in [0.5, 0.6) is 0 Å². The van der Waals surface area contributed by atoms with Gasteiger partial charge in [-0.3, -0.25) is 14.4 Å². The number of carbonyl (C=O) groups excluding carboxylic acids is 3. The fourth-order valence-electron chi connectivity index (χ4n) is 5.97. The molecule has 2 saturated carbocycles. The van der Waals surface area contributed by atoms with Crippen LogP contribution < -0.4 is 0 Å². The zero-order chi connectivity index (χ0) is 25.3. The van der Waals surface area contributed by atoms with E-state index in [1.54, 1.807) is 13.8 Å². The molecule has 1 N–H and O–H groups in total. The molecule has 0 aromatic carbocycles. The van der Waals surface area contributed by atoms with Crippen LogP contribution in [0.4, 0.5) is 0 Å². The van der Waals surface area contributed by atoms with Gasteiger partial charge in [0.2, 0.25) is 0 Å². The van der Waals surface area contributed by atoms with Crippen LogP contribution in [0.1, 0.15) is 88.0 Å². The summed E-state index contributed by atoms with van der Waals surface area (Å²) >= 11 is 0. The Morgan fingerprint density at radius 1 is 0.970 bits per heavy atom. The molecule has 0 aromatic heterocycles. The summed E-state index contributed by atoms with van der Waals surface area (Å²) < 4.78 is 0. The third kappa shape index (κ3) is 4.73. The Hall–Kier alpha value is -1.81. The molecular weight excluding hydrogens is 412 g/mol. The Kier molecular flexibility index (Phi) is 8.49. The highest BCUT2D eigenvalue weighted by molar-refractivity contribution is 6.29. The third-order valence-corrected chi connectivity index (χ3v) is 7.90. The zero-order valence-corrected chi connectivity index (χ0v) is 22.1. The molecule has 0 spiro atoms. The van der Waals surface area contributed by atoms with Crippen LogP contribution in [-0.4, -0.2) is 28.6 Å². The summed E-state index contributed by atoms with van der Waals surface area (Å²) in [5.74, 6) is -2.60. The summed E-state index contributed by atoms with van der Waals surface area (Å²) in [6.45, 7) is 17.4. The van der Waals surface area contributed by atoms with Crippen molar-refractivity contribution in [1.82, 2.24) is 0 Å². The van der Waals surface area contributed by atoms with E-state index < -0.39 is 34.7 Å². The normalized spacial score (nSPS) is 33.5. The second kappa shape index (κ2) is 10.2. The number of ketones is 3. The molecule has 0 aliphatic heterocycles. The van der Waals surface area contributed by atoms with Crippen molar-refractivity contribution in [3.8, 4) is 0 Å². The number of carbonyl (C=O) groups is 3. The quantitative estimate of drug-likeness (QED) is 0.357. The number of hydrogen-bond donors (Lipinski definition) is 1. The summed E-state index contributed by atoms with van der Waals surface area (Å²) in [6.07, 6.45) is 6.87. The first-order valence-corrected chi connectivity index (χ1v) is 12.4. The maximum Gasteiger partial charge on any atom is 0.163 e. The molecule has 2 aliphatic rings. The van der Waals surface area contributed by atoms with E-state index in [2.05, 4.69) is 6.08 Å². The number of aliphatic hydroxyl groups excluding tert-OH is 1. The van der Waals surface area contributed by atoms with E-state index in [1.165, 1.54) is 5.57 Å². The van der Waals surface area contributed by atoms with Gasteiger partial charge in [0.25, 0.3) is 0 Å². The number of rotatable bonds is 8. The highest BCUT2D eigenvalue weighted by Gasteiger charge is 2.73. The van der Waals surface area contributed by atoms with Gasteiger partial charge in [0, 0.05) is 11.8 Å². The number of fused-ring (bicyclic) bond motifs is 2. The van der Waals surface area contributed by atoms with Crippen molar-refractivity contribution in [1.29, 1.82) is 0 Å². The van der Waals surface area contributed by atoms with E-state index in [4.69, 9.17) is 0 Å². The fourth-order valence-corrected chi connectivity index (χ4v) is 5.97. The first-order chi connectivity index (χ1) is 15.2. The average molecular weight is 457 g/mol. The van der Waals surface area contributed by atoms with E-state index in [-0.39, 0.29) is 23.3 Å². The second-order valence-corrected chi connectivity index (χ2v) is 11.5. The molecule has 33 heavy (non-hydrogen) atoms. The van der Waals surface area contributed by atoms with Crippen LogP contribution in [0.2, 0.25) is 0 Å². The predicted molar refractivity (Wildman–Crippen MR) is 134 cm³/mol. The summed E-state index contributed by atoms with van der Waals surface area (Å²) in [5, 5.41) is 11.7. The van der Waals surface area contributed by atoms with Gasteiger partial charge in [-0.1, -0.05) is 55.7 Å². The molecule has 0 radical (unpaired) electrons. The minimum Gasteiger partial charge on any atom is -0.391 e. The van der Waals surface area contributed by atoms with Gasteiger partial charge in [-0.25, -0.2) is 0 Å². The third-order valence-electron chi connectivity index (χ3n) is 7.90. The molecule has 6 unspecified atom stereocenters. The number of Topliss-reactive ketones (excluding diaryl/α,β-unsaturated/α-hetero) is 3. The van der Waals surface area contributed by atoms with Crippen molar-refractivity contribution >= 4 is 17.3 Å². The standard InChI is InChI=1S/C29H44O4/c1-17(2)10-12-22-16-28(15-14-19(5)6)25(31)23(13-11-18(3)4)26(32)29(21(22)9,27(28)33)24(30)20(7)8/h10-11,14,20-23,25,31H,12-13,15-16H2,1-9H3. The minimum atomic E-state index is -1.68. The van der Waals surface area contributed by atoms with Crippen molar-refractivity contribution in [3.63, 3.8) is 0 Å². The van der Waals surface area contributed by atoms with Gasteiger partial charge in [0.15, 0.2) is 17.3 Å². The van der Waals surface area contributed by atoms with Crippen molar-refractivity contribution in [2.24, 2.45) is 34.5 Å². The summed E-state index contributed by atoms with van der Waals surface area (Å²) in [7, 11) is 0. The van der Waals surface area contributed by atoms with Crippen molar-refractivity contribution in [2.45, 2.75) is 94.1 Å². The Morgan fingerprint density at radius 3 is 1.97 bits per heavy atom. The average Bonchev–Trinajstić information content (AvgIpc) is 2.71. The van der Waals surface area contributed by atoms with Gasteiger partial charge < -0.3 is 5.11 Å². The Labute approximate surface area is 200 Å². The minimum absolute atomic E-state index is 0.0335. The highest BCUT2D eigenvalue weighted by atomic mass is 16.3. The molecule has 0 amide bonds. The molecule has 2 rings (SSSR count). The molecule has 4 heteroatoms. The van der Waals surface area contributed by atoms with Crippen LogP contribution in [0.3, 0.4) is 0 Å². The van der Waals surface area contributed by atoms with E-state index in [0.717, 1.165) is 11.1 Å². The first kappa shape index (κ1) is 27.4. The largest absolute Gasteiger partial charge is 0.391 e. The maximum absolute atomic E-state index is 14.3. The van der Waals surface area contributed by atoms with E-state index >= 15 is 0 Å². The predicted octanol–water partition coefficient (Wildman–Crippen LogP) is 6.04. The van der Waals surface area contributed by atoms with Gasteiger partial charge in [0.1, 0.15) is 5.41 Å². The summed E-state index contributed by atoms with van der Waals surface area (Å²) in [4.78, 5) is 42.3. The summed E-state index contributed by atoms with van der Waals surface area (Å²) in [6, 6.07) is 0. The summed E-state index contributed by atoms with van der Waals surface area (Å²) in [5.41, 5.74) is 0.473. The molecule has 4 nitrogen and oxygen atoms in total. The van der Waals surface area contributed by atoms with Gasteiger partial charge >= 0.3 is 0 Å². The van der Waals surface area contributed by atoms with Gasteiger partial charge in [-0.15, -0.1) is 0 Å². The monoisotopic (exact) mass is 456 g/mol. The number of allylic oxidation sites excluding steroid dienone is 6. The SMILES string of the molecule is CC(C)=CCC1CC2(CC=C(C)C)C(=O)C(C(=O)C(C)C)(C(=O)C(CC=C(C)C)C2O)C1C. The molecular formula is C29H44O4. The first-order valence-electron chi connectivity index (χ1n) is 12.4. The van der Waals surface area contributed by atoms with Gasteiger partial charge in [0.05, 0.1) is 11.5 Å². The van der Waals surface area contributed by atoms with E-state index in [1.807, 2.05) is 60.6 Å². The van der Waals surface area contributed by atoms with Crippen molar-refractivity contribution < 1.29 is 19.5 Å². The van der Waals surface area contributed by atoms with Crippen LogP contribution in [0, 0.1) is 34.5 Å². The Bertz CT molecular complexity index is 877. The van der Waals surface area contributed by atoms with Crippen LogP contribution >= 0.6 is 0 Å². The zero-order valence-electron chi connectivity index (χ0n) is 22.1. The Morgan fingerprint density at radius 2 is 1.48 bits per heavy atom. The molecule has 2 bridgehead atoms. The van der Waals surface area contributed by atoms with Gasteiger partial charge in [-0.05, 0) is 79.1 Å². The molecule has 6 atom stereocenters. The lowest BCUT2D eigenvalue weighted by atomic mass is 9.41. The molecule has 0 aromatic rings. The smallest absolute Gasteiger partial charge is 0.163 e. The van der Waals surface area contributed by atoms with E-state index in [9.17, 15) is 19.5 Å². The van der Waals surface area contributed by atoms with Gasteiger partial charge in [-0.2, -0.15) is 0 Å². The van der Waals surface area contributed by atoms with Crippen LogP contribution in [0.15, 0.2) is 34.9 Å². The molecule has 2 fully saturated rings. The fraction of sp³-hybridized carbons (Fsp3) is 0.690. The molecule has 0 heterocycles. The number of hydrogen-bond acceptors (Lipinski definition) is 4. The molecule has 184 valence electrons. The van der Waals surface area contributed by atoms with Crippen LogP contribution in [-0.2, 0) is 14.4 Å². The lowest BCUT2D eigenvalue weighted by molar-refractivity contribution is -0.190. The maximum atomic E-state index is 14.3. The second-order valence-electron chi connectivity index (χ2n) is 11.5. The Balaban J connectivity index is 2.83. The van der Waals surface area contributed by atoms with Crippen LogP contribution in [0.25, 0.3) is 0 Å². The molecule has 0 saturated heterocycles. The lowest BCUT2D eigenvalue weighted by Gasteiger charge is -2.59. The highest BCUT2D eigenvalue weighted by Crippen LogP contribution is 2.61. The lowest BCUT2D eigenvalue weighted by Crippen LogP contribution is -2.72. The van der Waals surface area contributed by atoms with Crippen molar-refractivity contribution in [3.05, 3.63) is 34.9 Å². The molecule has 2 aliphatic carbocycles. The topological polar surface area (TPSA) is 71.4 Å².